The number of methoxy groups -OCH3 is 1. The predicted octanol–water partition coefficient (Wildman–Crippen LogP) is 2.35. The van der Waals surface area contributed by atoms with Gasteiger partial charge in [0.15, 0.2) is 11.5 Å². The molecule has 2 aromatic rings. The van der Waals surface area contributed by atoms with Crippen LogP contribution in [0.3, 0.4) is 0 Å². The number of benzene rings is 2. The van der Waals surface area contributed by atoms with Gasteiger partial charge in [-0.15, -0.1) is 0 Å². The predicted molar refractivity (Wildman–Crippen MR) is 76.1 cm³/mol. The van der Waals surface area contributed by atoms with Gasteiger partial charge < -0.3 is 15.2 Å². The quantitative estimate of drug-likeness (QED) is 0.835. The standard InChI is InChI=1S/C16H15NO3/c1-20-15-9-12-11-5-3-2-4-10(11)6-7-17-16(19)13(12)8-14(15)18/h2-5,8-9,18H,6-7H2,1H3,(H,17,19). The highest BCUT2D eigenvalue weighted by molar-refractivity contribution is 6.02. The molecule has 0 radical (unpaired) electrons. The second kappa shape index (κ2) is 4.89. The summed E-state index contributed by atoms with van der Waals surface area (Å²) in [7, 11) is 1.50. The number of hydrogen-bond donors (Lipinski definition) is 2. The van der Waals surface area contributed by atoms with E-state index in [9.17, 15) is 9.90 Å². The highest BCUT2D eigenvalue weighted by atomic mass is 16.5. The van der Waals surface area contributed by atoms with Gasteiger partial charge in [0.1, 0.15) is 0 Å². The lowest BCUT2D eigenvalue weighted by Crippen LogP contribution is -2.28. The van der Waals surface area contributed by atoms with Crippen molar-refractivity contribution in [1.82, 2.24) is 5.32 Å². The lowest BCUT2D eigenvalue weighted by Gasteiger charge is -2.19. The van der Waals surface area contributed by atoms with Gasteiger partial charge in [-0.1, -0.05) is 24.3 Å². The van der Waals surface area contributed by atoms with Crippen molar-refractivity contribution >= 4 is 5.91 Å². The van der Waals surface area contributed by atoms with Crippen LogP contribution in [0, 0.1) is 0 Å². The summed E-state index contributed by atoms with van der Waals surface area (Å²) in [5.41, 5.74) is 3.43. The summed E-state index contributed by atoms with van der Waals surface area (Å²) in [6.45, 7) is 0.585. The molecule has 0 aromatic heterocycles. The van der Waals surface area contributed by atoms with Gasteiger partial charge in [-0.2, -0.15) is 0 Å². The third kappa shape index (κ3) is 1.99. The molecule has 1 aliphatic heterocycles. The van der Waals surface area contributed by atoms with Crippen molar-refractivity contribution in [3.05, 3.63) is 47.5 Å². The smallest absolute Gasteiger partial charge is 0.252 e. The number of carbonyl (C=O) groups excluding carboxylic acids is 1. The van der Waals surface area contributed by atoms with Crippen molar-refractivity contribution in [1.29, 1.82) is 0 Å². The number of fused-ring (bicyclic) bond motifs is 3. The van der Waals surface area contributed by atoms with E-state index in [4.69, 9.17) is 4.74 Å². The summed E-state index contributed by atoms with van der Waals surface area (Å²) in [4.78, 5) is 12.2. The lowest BCUT2D eigenvalue weighted by molar-refractivity contribution is 0.0954. The molecule has 0 saturated heterocycles. The van der Waals surface area contributed by atoms with E-state index >= 15 is 0 Å². The second-order valence-corrected chi connectivity index (χ2v) is 4.73. The third-order valence-corrected chi connectivity index (χ3v) is 3.55. The van der Waals surface area contributed by atoms with Crippen LogP contribution in [0.15, 0.2) is 36.4 Å². The largest absolute Gasteiger partial charge is 0.504 e. The average molecular weight is 269 g/mol. The summed E-state index contributed by atoms with van der Waals surface area (Å²) in [5, 5.41) is 12.7. The Hall–Kier alpha value is -2.49. The van der Waals surface area contributed by atoms with Crippen LogP contribution < -0.4 is 10.1 Å². The van der Waals surface area contributed by atoms with E-state index in [-0.39, 0.29) is 11.7 Å². The molecule has 20 heavy (non-hydrogen) atoms. The van der Waals surface area contributed by atoms with Gasteiger partial charge in [0.2, 0.25) is 0 Å². The molecular weight excluding hydrogens is 254 g/mol. The molecule has 4 nitrogen and oxygen atoms in total. The van der Waals surface area contributed by atoms with E-state index < -0.39 is 0 Å². The Kier molecular flexibility index (Phi) is 3.06. The fourth-order valence-electron chi connectivity index (χ4n) is 2.55. The highest BCUT2D eigenvalue weighted by Crippen LogP contribution is 2.37. The molecule has 0 aliphatic carbocycles. The van der Waals surface area contributed by atoms with Gasteiger partial charge in [0.25, 0.3) is 5.91 Å². The van der Waals surface area contributed by atoms with Gasteiger partial charge in [-0.3, -0.25) is 4.79 Å². The zero-order chi connectivity index (χ0) is 14.1. The summed E-state index contributed by atoms with van der Waals surface area (Å²) >= 11 is 0. The van der Waals surface area contributed by atoms with Gasteiger partial charge in [0, 0.05) is 6.54 Å². The minimum Gasteiger partial charge on any atom is -0.504 e. The molecule has 1 heterocycles. The first kappa shape index (κ1) is 12.5. The Morgan fingerprint density at radius 1 is 1.15 bits per heavy atom. The first-order valence-corrected chi connectivity index (χ1v) is 6.48. The number of aromatic hydroxyl groups is 1. The normalized spacial score (nSPS) is 13.6. The molecule has 4 heteroatoms. The molecule has 102 valence electrons. The molecular formula is C16H15NO3. The van der Waals surface area contributed by atoms with E-state index in [1.165, 1.54) is 18.7 Å². The van der Waals surface area contributed by atoms with Crippen LogP contribution in [0.5, 0.6) is 11.5 Å². The fraction of sp³-hybridized carbons (Fsp3) is 0.188. The van der Waals surface area contributed by atoms with Crippen molar-refractivity contribution < 1.29 is 14.6 Å². The first-order valence-electron chi connectivity index (χ1n) is 6.48. The van der Waals surface area contributed by atoms with Gasteiger partial charge in [0.05, 0.1) is 12.7 Å². The Balaban J connectivity index is 2.30. The maximum absolute atomic E-state index is 12.2. The molecule has 0 spiro atoms. The van der Waals surface area contributed by atoms with Crippen LogP contribution in [0.25, 0.3) is 11.1 Å². The zero-order valence-electron chi connectivity index (χ0n) is 11.1. The van der Waals surface area contributed by atoms with Crippen LogP contribution in [0.2, 0.25) is 0 Å². The minimum atomic E-state index is -0.174. The number of nitrogens with one attached hydrogen (secondary N) is 1. The topological polar surface area (TPSA) is 58.6 Å². The first-order chi connectivity index (χ1) is 9.70. The van der Waals surface area contributed by atoms with Gasteiger partial charge >= 0.3 is 0 Å². The number of amides is 1. The Bertz CT molecular complexity index is 679. The third-order valence-electron chi connectivity index (χ3n) is 3.55. The summed E-state index contributed by atoms with van der Waals surface area (Å²) in [6.07, 6.45) is 0.782. The number of carbonyl (C=O) groups is 1. The van der Waals surface area contributed by atoms with Crippen LogP contribution in [0.1, 0.15) is 15.9 Å². The van der Waals surface area contributed by atoms with Crippen LogP contribution in [-0.4, -0.2) is 24.7 Å². The van der Waals surface area contributed by atoms with Gasteiger partial charge in [-0.05, 0) is 35.2 Å². The van der Waals surface area contributed by atoms with Crippen molar-refractivity contribution in [2.75, 3.05) is 13.7 Å². The number of phenols is 1. The average Bonchev–Trinajstić information content (AvgIpc) is 2.46. The van der Waals surface area contributed by atoms with Gasteiger partial charge in [-0.25, -0.2) is 0 Å². The van der Waals surface area contributed by atoms with Crippen LogP contribution in [0.4, 0.5) is 0 Å². The lowest BCUT2D eigenvalue weighted by atomic mass is 9.91. The maximum Gasteiger partial charge on any atom is 0.252 e. The molecule has 0 fully saturated rings. The highest BCUT2D eigenvalue weighted by Gasteiger charge is 2.20. The van der Waals surface area contributed by atoms with Crippen LogP contribution in [-0.2, 0) is 6.42 Å². The minimum absolute atomic E-state index is 0.0283. The monoisotopic (exact) mass is 269 g/mol. The summed E-state index contributed by atoms with van der Waals surface area (Å²) in [6, 6.07) is 11.2. The van der Waals surface area contributed by atoms with E-state index in [2.05, 4.69) is 11.4 Å². The van der Waals surface area contributed by atoms with E-state index in [0.29, 0.717) is 17.9 Å². The molecule has 3 rings (SSSR count). The summed E-state index contributed by atoms with van der Waals surface area (Å²) in [5.74, 6) is 0.166. The molecule has 0 unspecified atom stereocenters. The molecule has 1 amide bonds. The number of ether oxygens (including phenoxy) is 1. The fourth-order valence-corrected chi connectivity index (χ4v) is 2.55. The summed E-state index contributed by atoms with van der Waals surface area (Å²) < 4.78 is 5.15. The van der Waals surface area contributed by atoms with E-state index in [0.717, 1.165) is 17.5 Å². The second-order valence-electron chi connectivity index (χ2n) is 4.73. The molecule has 0 bridgehead atoms. The van der Waals surface area contributed by atoms with Crippen molar-refractivity contribution in [3.8, 4) is 22.6 Å². The molecule has 0 saturated carbocycles. The van der Waals surface area contributed by atoms with Crippen molar-refractivity contribution in [2.24, 2.45) is 0 Å². The number of phenolic OH excluding ortho intramolecular Hbond substituents is 1. The van der Waals surface area contributed by atoms with Crippen molar-refractivity contribution in [2.45, 2.75) is 6.42 Å². The molecule has 2 aromatic carbocycles. The molecule has 0 atom stereocenters. The van der Waals surface area contributed by atoms with E-state index in [1.54, 1.807) is 6.07 Å². The zero-order valence-corrected chi connectivity index (χ0v) is 11.1. The Labute approximate surface area is 117 Å². The SMILES string of the molecule is COc1cc2c(cc1O)C(=O)NCCc1ccccc1-2. The van der Waals surface area contributed by atoms with Crippen molar-refractivity contribution in [3.63, 3.8) is 0 Å². The number of rotatable bonds is 1. The maximum atomic E-state index is 12.2. The Morgan fingerprint density at radius 2 is 1.95 bits per heavy atom. The number of hydrogen-bond acceptors (Lipinski definition) is 3. The molecule has 2 N–H and O–H groups in total. The molecule has 1 aliphatic rings. The Morgan fingerprint density at radius 3 is 2.75 bits per heavy atom. The van der Waals surface area contributed by atoms with E-state index in [1.807, 2.05) is 18.2 Å². The van der Waals surface area contributed by atoms with Crippen LogP contribution >= 0.6 is 0 Å².